The first-order chi connectivity index (χ1) is 8.67. The van der Waals surface area contributed by atoms with E-state index >= 15 is 0 Å². The van der Waals surface area contributed by atoms with E-state index in [1.165, 1.54) is 0 Å². The third-order valence-electron chi connectivity index (χ3n) is 2.70. The van der Waals surface area contributed by atoms with E-state index in [4.69, 9.17) is 5.26 Å². The molecule has 1 unspecified atom stereocenters. The first kappa shape index (κ1) is 13.0. The molecule has 0 saturated carbocycles. The van der Waals surface area contributed by atoms with Gasteiger partial charge in [0.25, 0.3) is 0 Å². The quantitative estimate of drug-likeness (QED) is 0.904. The van der Waals surface area contributed by atoms with Crippen molar-refractivity contribution in [1.29, 1.82) is 5.26 Å². The summed E-state index contributed by atoms with van der Waals surface area (Å²) in [6.07, 6.45) is 1.14. The highest BCUT2D eigenvalue weighted by Gasteiger charge is 2.19. The molecule has 94 valence electrons. The summed E-state index contributed by atoms with van der Waals surface area (Å²) in [7, 11) is 0. The Bertz CT molecular complexity index is 488. The van der Waals surface area contributed by atoms with Gasteiger partial charge in [-0.3, -0.25) is 4.99 Å². The van der Waals surface area contributed by atoms with E-state index in [0.29, 0.717) is 17.5 Å². The molecule has 1 aromatic rings. The summed E-state index contributed by atoms with van der Waals surface area (Å²) in [5.41, 5.74) is 1.60. The molecule has 1 aromatic carbocycles. The van der Waals surface area contributed by atoms with Gasteiger partial charge in [0.05, 0.1) is 17.7 Å². The Hall–Kier alpha value is -1.47. The molecule has 0 saturated heterocycles. The van der Waals surface area contributed by atoms with Gasteiger partial charge in [0.15, 0.2) is 5.17 Å². The van der Waals surface area contributed by atoms with Crippen LogP contribution in [0.1, 0.15) is 25.8 Å². The van der Waals surface area contributed by atoms with Gasteiger partial charge in [-0.25, -0.2) is 0 Å². The van der Waals surface area contributed by atoms with Gasteiger partial charge in [-0.2, -0.15) is 5.26 Å². The zero-order valence-electron chi connectivity index (χ0n) is 10.7. The molecule has 0 aromatic heterocycles. The van der Waals surface area contributed by atoms with Crippen molar-refractivity contribution in [3.8, 4) is 6.07 Å². The Kier molecular flexibility index (Phi) is 4.27. The third kappa shape index (κ3) is 3.51. The molecule has 3 nitrogen and oxygen atoms in total. The summed E-state index contributed by atoms with van der Waals surface area (Å²) < 4.78 is 0. The molecule has 1 heterocycles. The molecule has 0 spiro atoms. The summed E-state index contributed by atoms with van der Waals surface area (Å²) in [5, 5.41) is 13.1. The van der Waals surface area contributed by atoms with Crippen LogP contribution in [0.5, 0.6) is 0 Å². The van der Waals surface area contributed by atoms with Gasteiger partial charge in [0, 0.05) is 11.4 Å². The molecule has 0 radical (unpaired) electrons. The number of aliphatic imine (C=N–C) groups is 1. The standard InChI is InChI=1S/C14H17N3S/c1-10(2)6-13-9-18-14(17-13)16-12-5-3-4-11(7-12)8-15/h3-5,7,10,13H,6,9H2,1-2H3,(H,16,17). The summed E-state index contributed by atoms with van der Waals surface area (Å²) in [5.74, 6) is 1.74. The van der Waals surface area contributed by atoms with Crippen LogP contribution in [0.25, 0.3) is 0 Å². The Morgan fingerprint density at radius 1 is 1.56 bits per heavy atom. The van der Waals surface area contributed by atoms with Gasteiger partial charge < -0.3 is 5.32 Å². The van der Waals surface area contributed by atoms with Crippen LogP contribution in [0.15, 0.2) is 29.3 Å². The minimum absolute atomic E-state index is 0.427. The van der Waals surface area contributed by atoms with Crippen LogP contribution >= 0.6 is 11.8 Å². The highest BCUT2D eigenvalue weighted by Crippen LogP contribution is 2.24. The average Bonchev–Trinajstić information content (AvgIpc) is 2.76. The molecular weight excluding hydrogens is 242 g/mol. The predicted molar refractivity (Wildman–Crippen MR) is 77.9 cm³/mol. The number of benzene rings is 1. The lowest BCUT2D eigenvalue weighted by molar-refractivity contribution is 0.529. The average molecular weight is 259 g/mol. The Morgan fingerprint density at radius 3 is 3.11 bits per heavy atom. The molecule has 0 amide bonds. The van der Waals surface area contributed by atoms with Crippen molar-refractivity contribution in [2.24, 2.45) is 10.9 Å². The fraction of sp³-hybridized carbons (Fsp3) is 0.429. The molecule has 0 aliphatic carbocycles. The maximum absolute atomic E-state index is 8.85. The van der Waals surface area contributed by atoms with E-state index in [9.17, 15) is 0 Å². The monoisotopic (exact) mass is 259 g/mol. The third-order valence-corrected chi connectivity index (χ3v) is 3.73. The lowest BCUT2D eigenvalue weighted by atomic mass is 10.1. The van der Waals surface area contributed by atoms with Crippen LogP contribution in [0.2, 0.25) is 0 Å². The van der Waals surface area contributed by atoms with Gasteiger partial charge in [-0.1, -0.05) is 31.7 Å². The highest BCUT2D eigenvalue weighted by atomic mass is 32.2. The topological polar surface area (TPSA) is 48.2 Å². The van der Waals surface area contributed by atoms with Crippen molar-refractivity contribution in [2.75, 3.05) is 11.1 Å². The first-order valence-corrected chi connectivity index (χ1v) is 7.13. The molecule has 1 aliphatic heterocycles. The van der Waals surface area contributed by atoms with Crippen LogP contribution in [0.3, 0.4) is 0 Å². The smallest absolute Gasteiger partial charge is 0.161 e. The second-order valence-electron chi connectivity index (χ2n) is 4.85. The van der Waals surface area contributed by atoms with Crippen LogP contribution in [0, 0.1) is 17.2 Å². The summed E-state index contributed by atoms with van der Waals surface area (Å²) >= 11 is 1.76. The summed E-state index contributed by atoms with van der Waals surface area (Å²) in [6, 6.07) is 10.1. The largest absolute Gasteiger partial charge is 0.335 e. The number of thioether (sulfide) groups is 1. The molecule has 1 aliphatic rings. The number of hydrogen-bond donors (Lipinski definition) is 1. The van der Waals surface area contributed by atoms with E-state index in [-0.39, 0.29) is 0 Å². The maximum atomic E-state index is 8.85. The van der Waals surface area contributed by atoms with E-state index in [2.05, 4.69) is 30.2 Å². The normalized spacial score (nSPS) is 18.6. The fourth-order valence-corrected chi connectivity index (χ4v) is 2.91. The zero-order valence-corrected chi connectivity index (χ0v) is 11.5. The molecule has 1 N–H and O–H groups in total. The highest BCUT2D eigenvalue weighted by molar-refractivity contribution is 8.14. The molecule has 2 rings (SSSR count). The van der Waals surface area contributed by atoms with Gasteiger partial charge in [0.2, 0.25) is 0 Å². The molecule has 18 heavy (non-hydrogen) atoms. The second-order valence-corrected chi connectivity index (χ2v) is 5.85. The van der Waals surface area contributed by atoms with Crippen LogP contribution in [0.4, 0.5) is 5.69 Å². The molecule has 0 bridgehead atoms. The Morgan fingerprint density at radius 2 is 2.39 bits per heavy atom. The van der Waals surface area contributed by atoms with Gasteiger partial charge >= 0.3 is 0 Å². The number of amidine groups is 1. The number of rotatable bonds is 3. The molecule has 0 fully saturated rings. The van der Waals surface area contributed by atoms with Crippen molar-refractivity contribution >= 4 is 22.6 Å². The van der Waals surface area contributed by atoms with Crippen LogP contribution in [-0.2, 0) is 0 Å². The zero-order chi connectivity index (χ0) is 13.0. The predicted octanol–water partition coefficient (Wildman–Crippen LogP) is 3.49. The van der Waals surface area contributed by atoms with Crippen molar-refractivity contribution in [3.05, 3.63) is 29.8 Å². The SMILES string of the molecule is CC(C)CC1CSC(Nc2cccc(C#N)c2)=N1. The van der Waals surface area contributed by atoms with Crippen LogP contribution in [-0.4, -0.2) is 17.0 Å². The van der Waals surface area contributed by atoms with Gasteiger partial charge in [-0.15, -0.1) is 0 Å². The van der Waals surface area contributed by atoms with Crippen LogP contribution < -0.4 is 5.32 Å². The Labute approximate surface area is 112 Å². The lowest BCUT2D eigenvalue weighted by Gasteiger charge is -2.07. The maximum Gasteiger partial charge on any atom is 0.161 e. The number of nitrogens with zero attached hydrogens (tertiary/aromatic N) is 2. The number of nitrogens with one attached hydrogen (secondary N) is 1. The van der Waals surface area contributed by atoms with Crippen molar-refractivity contribution in [1.82, 2.24) is 0 Å². The van der Waals surface area contributed by atoms with E-state index in [1.54, 1.807) is 17.8 Å². The van der Waals surface area contributed by atoms with E-state index < -0.39 is 0 Å². The van der Waals surface area contributed by atoms with Crippen molar-refractivity contribution in [3.63, 3.8) is 0 Å². The molecule has 1 atom stereocenters. The lowest BCUT2D eigenvalue weighted by Crippen LogP contribution is -2.08. The van der Waals surface area contributed by atoms with E-state index in [0.717, 1.165) is 23.0 Å². The first-order valence-electron chi connectivity index (χ1n) is 6.15. The molecule has 4 heteroatoms. The fourth-order valence-electron chi connectivity index (χ4n) is 1.94. The summed E-state index contributed by atoms with van der Waals surface area (Å²) in [4.78, 5) is 4.66. The minimum atomic E-state index is 0.427. The minimum Gasteiger partial charge on any atom is -0.335 e. The summed E-state index contributed by atoms with van der Waals surface area (Å²) in [6.45, 7) is 4.45. The number of hydrogen-bond acceptors (Lipinski definition) is 4. The Balaban J connectivity index is 2.00. The van der Waals surface area contributed by atoms with E-state index in [1.807, 2.05) is 18.2 Å². The van der Waals surface area contributed by atoms with Gasteiger partial charge in [0.1, 0.15) is 0 Å². The van der Waals surface area contributed by atoms with Crippen molar-refractivity contribution in [2.45, 2.75) is 26.3 Å². The molecular formula is C14H17N3S. The van der Waals surface area contributed by atoms with Crippen molar-refractivity contribution < 1.29 is 0 Å². The number of nitriles is 1. The second kappa shape index (κ2) is 5.92. The van der Waals surface area contributed by atoms with Gasteiger partial charge in [-0.05, 0) is 30.5 Å². The number of anilines is 1.